The van der Waals surface area contributed by atoms with Crippen molar-refractivity contribution >= 4 is 11.8 Å². The van der Waals surface area contributed by atoms with E-state index in [2.05, 4.69) is 71.1 Å². The molecule has 0 aliphatic carbocycles. The Labute approximate surface area is 129 Å². The molecule has 0 radical (unpaired) electrons. The summed E-state index contributed by atoms with van der Waals surface area (Å²) < 4.78 is 0. The molecule has 0 fully saturated rings. The Hall–Kier alpha value is -0.470. The van der Waals surface area contributed by atoms with Crippen molar-refractivity contribution in [2.24, 2.45) is 5.92 Å². The maximum Gasteiger partial charge on any atom is 0.0191 e. The molecule has 20 heavy (non-hydrogen) atoms. The molecule has 0 saturated heterocycles. The van der Waals surface area contributed by atoms with Crippen LogP contribution in [0.1, 0.15) is 53.5 Å². The molecule has 1 unspecified atom stereocenters. The summed E-state index contributed by atoms with van der Waals surface area (Å²) in [6.07, 6.45) is 1.26. The van der Waals surface area contributed by atoms with E-state index in [1.807, 2.05) is 11.8 Å². The van der Waals surface area contributed by atoms with Crippen LogP contribution < -0.4 is 5.32 Å². The molecule has 0 aliphatic rings. The summed E-state index contributed by atoms with van der Waals surface area (Å²) in [5, 5.41) is 4.17. The number of nitrogens with one attached hydrogen (secondary N) is 1. The Bertz CT molecular complexity index is 375. The van der Waals surface area contributed by atoms with Crippen LogP contribution in [0.25, 0.3) is 0 Å². The Balaban J connectivity index is 2.37. The molecule has 0 amide bonds. The molecule has 1 rings (SSSR count). The fourth-order valence-electron chi connectivity index (χ4n) is 2.00. The zero-order valence-corrected chi connectivity index (χ0v) is 14.8. The van der Waals surface area contributed by atoms with Gasteiger partial charge in [-0.05, 0) is 42.0 Å². The van der Waals surface area contributed by atoms with Crippen molar-refractivity contribution in [1.82, 2.24) is 5.32 Å². The van der Waals surface area contributed by atoms with E-state index in [1.165, 1.54) is 16.9 Å². The molecular formula is C18H31NS. The molecule has 1 N–H and O–H groups in total. The van der Waals surface area contributed by atoms with E-state index in [9.17, 15) is 0 Å². The fourth-order valence-corrected chi connectivity index (χ4v) is 2.96. The number of hydrogen-bond acceptors (Lipinski definition) is 2. The number of thioether (sulfide) groups is 1. The van der Waals surface area contributed by atoms with Gasteiger partial charge in [0.15, 0.2) is 0 Å². The number of hydrogen-bond donors (Lipinski definition) is 1. The second kappa shape index (κ2) is 8.09. The lowest BCUT2D eigenvalue weighted by Gasteiger charge is -2.19. The van der Waals surface area contributed by atoms with Crippen LogP contribution in [0, 0.1) is 5.92 Å². The van der Waals surface area contributed by atoms with Gasteiger partial charge in [-0.25, -0.2) is 0 Å². The molecule has 0 spiro atoms. The van der Waals surface area contributed by atoms with E-state index >= 15 is 0 Å². The molecule has 0 aromatic heterocycles. The lowest BCUT2D eigenvalue weighted by atomic mass is 9.87. The van der Waals surface area contributed by atoms with Crippen LogP contribution in [0.2, 0.25) is 0 Å². The first-order valence-electron chi connectivity index (χ1n) is 7.77. The first kappa shape index (κ1) is 17.6. The van der Waals surface area contributed by atoms with Gasteiger partial charge >= 0.3 is 0 Å². The molecule has 0 saturated carbocycles. The molecule has 0 aliphatic heterocycles. The van der Waals surface area contributed by atoms with Crippen molar-refractivity contribution in [2.75, 3.05) is 13.1 Å². The molecule has 1 nitrogen and oxygen atoms in total. The minimum Gasteiger partial charge on any atom is -0.316 e. The predicted octanol–water partition coefficient (Wildman–Crippen LogP) is 5.10. The molecular weight excluding hydrogens is 262 g/mol. The van der Waals surface area contributed by atoms with E-state index < -0.39 is 0 Å². The monoisotopic (exact) mass is 293 g/mol. The van der Waals surface area contributed by atoms with Crippen LogP contribution in [0.4, 0.5) is 0 Å². The average Bonchev–Trinajstić information content (AvgIpc) is 2.34. The third-order valence-electron chi connectivity index (χ3n) is 3.39. The van der Waals surface area contributed by atoms with E-state index in [0.29, 0.717) is 5.25 Å². The molecule has 0 heterocycles. The maximum absolute atomic E-state index is 3.55. The fraction of sp³-hybridized carbons (Fsp3) is 0.667. The summed E-state index contributed by atoms with van der Waals surface area (Å²) in [6.45, 7) is 15.8. The largest absolute Gasteiger partial charge is 0.316 e. The number of benzene rings is 1. The third kappa shape index (κ3) is 6.81. The van der Waals surface area contributed by atoms with E-state index in [1.54, 1.807) is 0 Å². The zero-order chi connectivity index (χ0) is 15.2. The standard InChI is InChI=1S/C18H31NS/c1-14(2)11-12-19-13-15(3)20-17-9-7-16(8-10-17)18(4,5)6/h7-10,14-15,19H,11-13H2,1-6H3. The van der Waals surface area contributed by atoms with Crippen molar-refractivity contribution in [3.05, 3.63) is 29.8 Å². The van der Waals surface area contributed by atoms with Crippen molar-refractivity contribution in [3.63, 3.8) is 0 Å². The summed E-state index contributed by atoms with van der Waals surface area (Å²) >= 11 is 1.96. The van der Waals surface area contributed by atoms with Gasteiger partial charge < -0.3 is 5.32 Å². The van der Waals surface area contributed by atoms with Gasteiger partial charge in [0.2, 0.25) is 0 Å². The summed E-state index contributed by atoms with van der Waals surface area (Å²) in [7, 11) is 0. The van der Waals surface area contributed by atoms with Gasteiger partial charge in [0, 0.05) is 16.7 Å². The Morgan fingerprint density at radius 3 is 2.15 bits per heavy atom. The highest BCUT2D eigenvalue weighted by Crippen LogP contribution is 2.27. The zero-order valence-electron chi connectivity index (χ0n) is 14.0. The second-order valence-electron chi connectivity index (χ2n) is 7.09. The molecule has 114 valence electrons. The van der Waals surface area contributed by atoms with Gasteiger partial charge in [0.25, 0.3) is 0 Å². The highest BCUT2D eigenvalue weighted by molar-refractivity contribution is 8.00. The molecule has 2 heteroatoms. The SMILES string of the molecule is CC(C)CCNCC(C)Sc1ccc(C(C)(C)C)cc1. The smallest absolute Gasteiger partial charge is 0.0191 e. The minimum absolute atomic E-state index is 0.243. The van der Waals surface area contributed by atoms with Crippen LogP contribution >= 0.6 is 11.8 Å². The molecule has 1 aromatic rings. The van der Waals surface area contributed by atoms with E-state index in [0.717, 1.165) is 19.0 Å². The van der Waals surface area contributed by atoms with Crippen molar-refractivity contribution in [3.8, 4) is 0 Å². The summed E-state index contributed by atoms with van der Waals surface area (Å²) in [6, 6.07) is 9.05. The molecule has 1 atom stereocenters. The normalized spacial score (nSPS) is 13.8. The van der Waals surface area contributed by atoms with E-state index in [-0.39, 0.29) is 5.41 Å². The Morgan fingerprint density at radius 2 is 1.65 bits per heavy atom. The quantitative estimate of drug-likeness (QED) is 0.554. The van der Waals surface area contributed by atoms with Crippen molar-refractivity contribution in [1.29, 1.82) is 0 Å². The highest BCUT2D eigenvalue weighted by atomic mass is 32.2. The molecule has 1 aromatic carbocycles. The Morgan fingerprint density at radius 1 is 1.05 bits per heavy atom. The van der Waals surface area contributed by atoms with Gasteiger partial charge in [-0.3, -0.25) is 0 Å². The van der Waals surface area contributed by atoms with Gasteiger partial charge in [0.05, 0.1) is 0 Å². The third-order valence-corrected chi connectivity index (χ3v) is 4.50. The summed E-state index contributed by atoms with van der Waals surface area (Å²) in [5.41, 5.74) is 1.65. The van der Waals surface area contributed by atoms with Gasteiger partial charge in [0.1, 0.15) is 0 Å². The van der Waals surface area contributed by atoms with Crippen LogP contribution in [-0.2, 0) is 5.41 Å². The van der Waals surface area contributed by atoms with Crippen LogP contribution in [0.15, 0.2) is 29.2 Å². The molecule has 0 bridgehead atoms. The highest BCUT2D eigenvalue weighted by Gasteiger charge is 2.13. The summed E-state index contributed by atoms with van der Waals surface area (Å²) in [5.74, 6) is 0.787. The van der Waals surface area contributed by atoms with Crippen LogP contribution in [0.5, 0.6) is 0 Å². The Kier molecular flexibility index (Phi) is 7.11. The summed E-state index contributed by atoms with van der Waals surface area (Å²) in [4.78, 5) is 1.37. The second-order valence-corrected chi connectivity index (χ2v) is 8.60. The first-order valence-corrected chi connectivity index (χ1v) is 8.65. The maximum atomic E-state index is 3.55. The van der Waals surface area contributed by atoms with Crippen molar-refractivity contribution < 1.29 is 0 Å². The topological polar surface area (TPSA) is 12.0 Å². The lowest BCUT2D eigenvalue weighted by Crippen LogP contribution is -2.24. The van der Waals surface area contributed by atoms with Crippen molar-refractivity contribution in [2.45, 2.75) is 63.5 Å². The van der Waals surface area contributed by atoms with E-state index in [4.69, 9.17) is 0 Å². The van der Waals surface area contributed by atoms with Gasteiger partial charge in [-0.15, -0.1) is 11.8 Å². The number of rotatable bonds is 7. The predicted molar refractivity (Wildman–Crippen MR) is 92.8 cm³/mol. The first-order chi connectivity index (χ1) is 9.29. The van der Waals surface area contributed by atoms with Gasteiger partial charge in [-0.2, -0.15) is 0 Å². The van der Waals surface area contributed by atoms with Crippen LogP contribution in [0.3, 0.4) is 0 Å². The average molecular weight is 294 g/mol. The van der Waals surface area contributed by atoms with Crippen LogP contribution in [-0.4, -0.2) is 18.3 Å². The lowest BCUT2D eigenvalue weighted by molar-refractivity contribution is 0.539. The minimum atomic E-state index is 0.243. The van der Waals surface area contributed by atoms with Gasteiger partial charge in [-0.1, -0.05) is 53.7 Å².